The number of nitro groups is 1. The van der Waals surface area contributed by atoms with Crippen LogP contribution in [0, 0.1) is 10.1 Å². The van der Waals surface area contributed by atoms with Gasteiger partial charge in [-0.3, -0.25) is 10.1 Å². The molecule has 2 aromatic carbocycles. The van der Waals surface area contributed by atoms with Gasteiger partial charge >= 0.3 is 0 Å². The second-order valence-electron chi connectivity index (χ2n) is 3.97. The maximum absolute atomic E-state index is 10.8. The van der Waals surface area contributed by atoms with Crippen LogP contribution in [0.2, 0.25) is 5.02 Å². The predicted octanol–water partition coefficient (Wildman–Crippen LogP) is 4.55. The van der Waals surface area contributed by atoms with E-state index in [0.29, 0.717) is 10.6 Å². The van der Waals surface area contributed by atoms with E-state index < -0.39 is 4.92 Å². The first-order valence-electron chi connectivity index (χ1n) is 5.80. The Morgan fingerprint density at radius 3 is 2.75 bits per heavy atom. The zero-order valence-corrected chi connectivity index (χ0v) is 12.3. The van der Waals surface area contributed by atoms with Crippen LogP contribution >= 0.6 is 23.4 Å². The first-order valence-corrected chi connectivity index (χ1v) is 7.40. The minimum absolute atomic E-state index is 0.00570. The molecule has 0 spiro atoms. The normalized spacial score (nSPS) is 10.3. The van der Waals surface area contributed by atoms with Crippen molar-refractivity contribution < 1.29 is 9.66 Å². The van der Waals surface area contributed by atoms with Crippen LogP contribution < -0.4 is 4.74 Å². The molecular formula is C14H12ClNO3S. The molecule has 0 amide bonds. The van der Waals surface area contributed by atoms with E-state index in [9.17, 15) is 10.1 Å². The molecule has 6 heteroatoms. The molecule has 0 aromatic heterocycles. The molecule has 0 N–H and O–H groups in total. The zero-order valence-electron chi connectivity index (χ0n) is 10.7. The topological polar surface area (TPSA) is 52.4 Å². The van der Waals surface area contributed by atoms with E-state index in [2.05, 4.69) is 0 Å². The van der Waals surface area contributed by atoms with Crippen LogP contribution in [0.5, 0.6) is 5.75 Å². The Kier molecular flexibility index (Phi) is 4.87. The second kappa shape index (κ2) is 6.63. The summed E-state index contributed by atoms with van der Waals surface area (Å²) in [6.45, 7) is 0.193. The number of benzene rings is 2. The first kappa shape index (κ1) is 14.7. The molecule has 4 nitrogen and oxygen atoms in total. The van der Waals surface area contributed by atoms with Crippen LogP contribution in [0.25, 0.3) is 0 Å². The summed E-state index contributed by atoms with van der Waals surface area (Å²) in [5.41, 5.74) is 0.600. The maximum Gasteiger partial charge on any atom is 0.269 e. The Morgan fingerprint density at radius 1 is 1.30 bits per heavy atom. The number of rotatable bonds is 5. The van der Waals surface area contributed by atoms with Gasteiger partial charge < -0.3 is 4.74 Å². The zero-order chi connectivity index (χ0) is 14.5. The van der Waals surface area contributed by atoms with Crippen LogP contribution in [0.4, 0.5) is 5.69 Å². The molecule has 104 valence electrons. The largest absolute Gasteiger partial charge is 0.488 e. The van der Waals surface area contributed by atoms with E-state index in [1.54, 1.807) is 11.8 Å². The second-order valence-corrected chi connectivity index (χ2v) is 5.23. The lowest BCUT2D eigenvalue weighted by Crippen LogP contribution is -1.99. The van der Waals surface area contributed by atoms with E-state index in [1.807, 2.05) is 30.5 Å². The average molecular weight is 310 g/mol. The smallest absolute Gasteiger partial charge is 0.269 e. The molecule has 2 aromatic rings. The van der Waals surface area contributed by atoms with Gasteiger partial charge in [-0.2, -0.15) is 0 Å². The van der Waals surface area contributed by atoms with Crippen LogP contribution in [-0.2, 0) is 6.61 Å². The lowest BCUT2D eigenvalue weighted by atomic mass is 10.2. The fraction of sp³-hybridized carbons (Fsp3) is 0.143. The summed E-state index contributed by atoms with van der Waals surface area (Å²) in [7, 11) is 0. The predicted molar refractivity (Wildman–Crippen MR) is 80.7 cm³/mol. The molecule has 2 rings (SSSR count). The fourth-order valence-corrected chi connectivity index (χ4v) is 2.39. The summed E-state index contributed by atoms with van der Waals surface area (Å²) in [6.07, 6.45) is 1.96. The molecule has 0 saturated heterocycles. The molecule has 0 saturated carbocycles. The van der Waals surface area contributed by atoms with Crippen molar-refractivity contribution in [2.75, 3.05) is 6.26 Å². The number of ether oxygens (including phenoxy) is 1. The summed E-state index contributed by atoms with van der Waals surface area (Å²) >= 11 is 7.61. The van der Waals surface area contributed by atoms with E-state index >= 15 is 0 Å². The lowest BCUT2D eigenvalue weighted by Gasteiger charge is -2.10. The van der Waals surface area contributed by atoms with Gasteiger partial charge in [-0.05, 0) is 24.5 Å². The fourth-order valence-electron chi connectivity index (χ4n) is 1.68. The summed E-state index contributed by atoms with van der Waals surface area (Å²) in [6, 6.07) is 11.9. The SMILES string of the molecule is CSc1ccccc1OCc1cc([N+](=O)[O-])ccc1Cl. The van der Waals surface area contributed by atoms with Crippen molar-refractivity contribution in [2.45, 2.75) is 11.5 Å². The van der Waals surface area contributed by atoms with Crippen LogP contribution in [-0.4, -0.2) is 11.2 Å². The highest BCUT2D eigenvalue weighted by molar-refractivity contribution is 7.98. The van der Waals surface area contributed by atoms with Gasteiger partial charge in [-0.15, -0.1) is 11.8 Å². The highest BCUT2D eigenvalue weighted by Gasteiger charge is 2.11. The lowest BCUT2D eigenvalue weighted by molar-refractivity contribution is -0.384. The number of non-ortho nitro benzene ring substituents is 1. The Bertz CT molecular complexity index is 634. The number of para-hydroxylation sites is 1. The van der Waals surface area contributed by atoms with Gasteiger partial charge in [0, 0.05) is 27.6 Å². The summed E-state index contributed by atoms with van der Waals surface area (Å²) in [4.78, 5) is 11.3. The van der Waals surface area contributed by atoms with Crippen molar-refractivity contribution in [3.8, 4) is 5.75 Å². The van der Waals surface area contributed by atoms with Gasteiger partial charge in [0.05, 0.1) is 4.92 Å². The number of nitro benzene ring substituents is 1. The molecule has 0 aliphatic carbocycles. The van der Waals surface area contributed by atoms with Crippen LogP contribution in [0.1, 0.15) is 5.56 Å². The molecule has 0 heterocycles. The quantitative estimate of drug-likeness (QED) is 0.462. The summed E-state index contributed by atoms with van der Waals surface area (Å²) in [5.74, 6) is 0.738. The molecule has 0 aliphatic rings. The van der Waals surface area contributed by atoms with Gasteiger partial charge in [-0.1, -0.05) is 23.7 Å². The van der Waals surface area contributed by atoms with E-state index in [4.69, 9.17) is 16.3 Å². The van der Waals surface area contributed by atoms with Gasteiger partial charge in [0.15, 0.2) is 0 Å². The highest BCUT2D eigenvalue weighted by atomic mass is 35.5. The van der Waals surface area contributed by atoms with E-state index in [0.717, 1.165) is 10.6 Å². The number of hydrogen-bond donors (Lipinski definition) is 0. The van der Waals surface area contributed by atoms with E-state index in [-0.39, 0.29) is 12.3 Å². The van der Waals surface area contributed by atoms with Gasteiger partial charge in [0.25, 0.3) is 5.69 Å². The third kappa shape index (κ3) is 3.43. The number of thioether (sulfide) groups is 1. The molecule has 0 aliphatic heterocycles. The minimum atomic E-state index is -0.449. The van der Waals surface area contributed by atoms with Gasteiger partial charge in [0.2, 0.25) is 0 Å². The molecule has 20 heavy (non-hydrogen) atoms. The number of hydrogen-bond acceptors (Lipinski definition) is 4. The van der Waals surface area contributed by atoms with Crippen molar-refractivity contribution in [2.24, 2.45) is 0 Å². The standard InChI is InChI=1S/C14H12ClNO3S/c1-20-14-5-3-2-4-13(14)19-9-10-8-11(16(17)18)6-7-12(10)15/h2-8H,9H2,1H3. The summed E-state index contributed by atoms with van der Waals surface area (Å²) < 4.78 is 5.70. The summed E-state index contributed by atoms with van der Waals surface area (Å²) in [5, 5.41) is 11.2. The molecular weight excluding hydrogens is 298 g/mol. The minimum Gasteiger partial charge on any atom is -0.488 e. The average Bonchev–Trinajstić information content (AvgIpc) is 2.46. The van der Waals surface area contributed by atoms with Crippen molar-refractivity contribution in [3.63, 3.8) is 0 Å². The van der Waals surface area contributed by atoms with Crippen molar-refractivity contribution in [1.82, 2.24) is 0 Å². The maximum atomic E-state index is 10.8. The van der Waals surface area contributed by atoms with Crippen molar-refractivity contribution in [1.29, 1.82) is 0 Å². The van der Waals surface area contributed by atoms with E-state index in [1.165, 1.54) is 18.2 Å². The Hall–Kier alpha value is -1.72. The Balaban J connectivity index is 2.18. The third-order valence-electron chi connectivity index (χ3n) is 2.69. The molecule has 0 unspecified atom stereocenters. The van der Waals surface area contributed by atoms with Crippen LogP contribution in [0.3, 0.4) is 0 Å². The van der Waals surface area contributed by atoms with Gasteiger partial charge in [0.1, 0.15) is 12.4 Å². The molecule has 0 atom stereocenters. The number of nitrogens with zero attached hydrogens (tertiary/aromatic N) is 1. The first-order chi connectivity index (χ1) is 9.61. The van der Waals surface area contributed by atoms with Gasteiger partial charge in [-0.25, -0.2) is 0 Å². The molecule has 0 radical (unpaired) electrons. The van der Waals surface area contributed by atoms with Crippen molar-refractivity contribution >= 4 is 29.1 Å². The molecule has 0 bridgehead atoms. The number of halogens is 1. The Morgan fingerprint density at radius 2 is 2.05 bits per heavy atom. The van der Waals surface area contributed by atoms with Crippen LogP contribution in [0.15, 0.2) is 47.4 Å². The third-order valence-corrected chi connectivity index (χ3v) is 3.84. The Labute approximate surface area is 125 Å². The highest BCUT2D eigenvalue weighted by Crippen LogP contribution is 2.29. The monoisotopic (exact) mass is 309 g/mol. The van der Waals surface area contributed by atoms with Crippen molar-refractivity contribution in [3.05, 3.63) is 63.2 Å². The molecule has 0 fully saturated rings.